The van der Waals surface area contributed by atoms with Gasteiger partial charge in [-0.3, -0.25) is 19.4 Å². The Morgan fingerprint density at radius 1 is 1.08 bits per heavy atom. The van der Waals surface area contributed by atoms with Crippen molar-refractivity contribution in [3.63, 3.8) is 0 Å². The quantitative estimate of drug-likeness (QED) is 0.750. The van der Waals surface area contributed by atoms with E-state index in [1.807, 2.05) is 25.7 Å². The van der Waals surface area contributed by atoms with Crippen LogP contribution in [-0.2, 0) is 9.59 Å². The van der Waals surface area contributed by atoms with Crippen molar-refractivity contribution >= 4 is 11.8 Å². The first kappa shape index (κ1) is 19.2. The lowest BCUT2D eigenvalue weighted by atomic mass is 10.2. The van der Waals surface area contributed by atoms with Gasteiger partial charge in [-0.25, -0.2) is 0 Å². The molecule has 0 bridgehead atoms. The largest absolute Gasteiger partial charge is 0.352 e. The molecule has 6 nitrogen and oxygen atoms in total. The van der Waals surface area contributed by atoms with Crippen LogP contribution in [0.5, 0.6) is 0 Å². The molecule has 1 saturated carbocycles. The predicted octanol–water partition coefficient (Wildman–Crippen LogP) is 0.920. The topological polar surface area (TPSA) is 55.9 Å². The van der Waals surface area contributed by atoms with Crippen LogP contribution in [0.4, 0.5) is 0 Å². The van der Waals surface area contributed by atoms with E-state index in [1.54, 1.807) is 0 Å². The van der Waals surface area contributed by atoms with E-state index < -0.39 is 0 Å². The molecule has 0 radical (unpaired) electrons. The third-order valence-electron chi connectivity index (χ3n) is 5.51. The smallest absolute Gasteiger partial charge is 0.237 e. The second-order valence-electron chi connectivity index (χ2n) is 7.04. The molecular weight excluding hydrogens is 304 g/mol. The molecule has 0 aromatic heterocycles. The summed E-state index contributed by atoms with van der Waals surface area (Å²) in [5.41, 5.74) is 0. The number of carbonyl (C=O) groups excluding carboxylic acids is 2. The zero-order chi connectivity index (χ0) is 17.5. The Labute approximate surface area is 146 Å². The molecule has 1 aliphatic heterocycles. The lowest BCUT2D eigenvalue weighted by molar-refractivity contribution is -0.133. The Morgan fingerprint density at radius 3 is 2.21 bits per heavy atom. The van der Waals surface area contributed by atoms with E-state index in [0.29, 0.717) is 12.6 Å². The van der Waals surface area contributed by atoms with Crippen molar-refractivity contribution in [1.29, 1.82) is 0 Å². The molecular formula is C18H34N4O2. The number of rotatable bonds is 7. The number of hydrogen-bond donors (Lipinski definition) is 1. The summed E-state index contributed by atoms with van der Waals surface area (Å²) in [5, 5.41) is 3.19. The van der Waals surface area contributed by atoms with Gasteiger partial charge in [-0.2, -0.15) is 0 Å². The Hall–Kier alpha value is -1.14. The summed E-state index contributed by atoms with van der Waals surface area (Å²) in [6.45, 7) is 11.5. The van der Waals surface area contributed by atoms with Crippen molar-refractivity contribution < 1.29 is 9.59 Å². The van der Waals surface area contributed by atoms with Gasteiger partial charge in [-0.15, -0.1) is 0 Å². The van der Waals surface area contributed by atoms with E-state index in [2.05, 4.69) is 15.1 Å². The molecule has 1 saturated heterocycles. The Bertz CT molecular complexity index is 411. The zero-order valence-electron chi connectivity index (χ0n) is 15.6. The summed E-state index contributed by atoms with van der Waals surface area (Å²) < 4.78 is 0. The van der Waals surface area contributed by atoms with E-state index in [4.69, 9.17) is 0 Å². The van der Waals surface area contributed by atoms with E-state index in [1.165, 1.54) is 12.8 Å². The molecule has 0 aromatic carbocycles. The van der Waals surface area contributed by atoms with Crippen LogP contribution < -0.4 is 5.32 Å². The zero-order valence-corrected chi connectivity index (χ0v) is 15.6. The van der Waals surface area contributed by atoms with Crippen LogP contribution in [0.1, 0.15) is 46.5 Å². The minimum atomic E-state index is -0.0776. The summed E-state index contributed by atoms with van der Waals surface area (Å²) in [4.78, 5) is 30.9. The normalized spacial score (nSPS) is 21.6. The average molecular weight is 338 g/mol. The number of nitrogens with zero attached hydrogens (tertiary/aromatic N) is 3. The molecule has 0 spiro atoms. The second-order valence-corrected chi connectivity index (χ2v) is 7.04. The van der Waals surface area contributed by atoms with Crippen LogP contribution in [0.15, 0.2) is 0 Å². The van der Waals surface area contributed by atoms with Crippen molar-refractivity contribution in [2.75, 3.05) is 45.8 Å². The molecule has 1 heterocycles. The number of piperazine rings is 1. The van der Waals surface area contributed by atoms with Crippen LogP contribution in [0.25, 0.3) is 0 Å². The van der Waals surface area contributed by atoms with Gasteiger partial charge in [0.2, 0.25) is 11.8 Å². The number of amides is 2. The minimum absolute atomic E-state index is 0.0776. The van der Waals surface area contributed by atoms with E-state index in [0.717, 1.165) is 52.1 Å². The third-order valence-corrected chi connectivity index (χ3v) is 5.51. The first-order chi connectivity index (χ1) is 11.5. The summed E-state index contributed by atoms with van der Waals surface area (Å²) in [6, 6.07) is 0.305. The molecule has 0 aromatic rings. The molecule has 2 amide bonds. The highest BCUT2D eigenvalue weighted by Gasteiger charge is 2.28. The fourth-order valence-corrected chi connectivity index (χ4v) is 3.73. The standard InChI is InChI=1S/C18H34N4O2/c1-4-21(5-2)17(23)14-20-10-12-22(13-11-20)15(3)18(24)19-16-8-6-7-9-16/h15-16H,4-14H2,1-3H3,(H,19,24). The van der Waals surface area contributed by atoms with Crippen LogP contribution in [0, 0.1) is 0 Å². The van der Waals surface area contributed by atoms with E-state index in [-0.39, 0.29) is 17.9 Å². The SMILES string of the molecule is CCN(CC)C(=O)CN1CCN(C(C)C(=O)NC2CCCC2)CC1. The van der Waals surface area contributed by atoms with Crippen LogP contribution in [-0.4, -0.2) is 84.4 Å². The van der Waals surface area contributed by atoms with Gasteiger partial charge in [0, 0.05) is 45.3 Å². The number of carbonyl (C=O) groups is 2. The van der Waals surface area contributed by atoms with Gasteiger partial charge in [0.25, 0.3) is 0 Å². The molecule has 2 fully saturated rings. The maximum absolute atomic E-state index is 12.4. The lowest BCUT2D eigenvalue weighted by Crippen LogP contribution is -2.56. The van der Waals surface area contributed by atoms with Gasteiger partial charge in [-0.05, 0) is 33.6 Å². The summed E-state index contributed by atoms with van der Waals surface area (Å²) in [6.07, 6.45) is 4.72. The lowest BCUT2D eigenvalue weighted by Gasteiger charge is -2.38. The highest BCUT2D eigenvalue weighted by Crippen LogP contribution is 2.18. The Balaban J connectivity index is 1.73. The third kappa shape index (κ3) is 5.18. The van der Waals surface area contributed by atoms with Gasteiger partial charge in [0.1, 0.15) is 0 Å². The maximum Gasteiger partial charge on any atom is 0.237 e. The average Bonchev–Trinajstić information content (AvgIpc) is 3.09. The van der Waals surface area contributed by atoms with Crippen molar-refractivity contribution in [3.8, 4) is 0 Å². The van der Waals surface area contributed by atoms with Gasteiger partial charge < -0.3 is 10.2 Å². The van der Waals surface area contributed by atoms with Crippen molar-refractivity contribution in [1.82, 2.24) is 20.0 Å². The van der Waals surface area contributed by atoms with Gasteiger partial charge in [0.15, 0.2) is 0 Å². The van der Waals surface area contributed by atoms with Gasteiger partial charge in [-0.1, -0.05) is 12.8 Å². The molecule has 1 atom stereocenters. The first-order valence-electron chi connectivity index (χ1n) is 9.59. The Morgan fingerprint density at radius 2 is 1.67 bits per heavy atom. The summed E-state index contributed by atoms with van der Waals surface area (Å²) in [7, 11) is 0. The Kier molecular flexibility index (Phi) is 7.49. The molecule has 138 valence electrons. The van der Waals surface area contributed by atoms with Crippen LogP contribution in [0.3, 0.4) is 0 Å². The fraction of sp³-hybridized carbons (Fsp3) is 0.889. The summed E-state index contributed by atoms with van der Waals surface area (Å²) in [5.74, 6) is 0.370. The highest BCUT2D eigenvalue weighted by molar-refractivity contribution is 5.81. The monoisotopic (exact) mass is 338 g/mol. The summed E-state index contributed by atoms with van der Waals surface area (Å²) >= 11 is 0. The van der Waals surface area contributed by atoms with Crippen LogP contribution >= 0.6 is 0 Å². The fourth-order valence-electron chi connectivity index (χ4n) is 3.73. The second kappa shape index (κ2) is 9.37. The van der Waals surface area contributed by atoms with E-state index >= 15 is 0 Å². The van der Waals surface area contributed by atoms with E-state index in [9.17, 15) is 9.59 Å². The maximum atomic E-state index is 12.4. The van der Waals surface area contributed by atoms with Crippen molar-refractivity contribution in [3.05, 3.63) is 0 Å². The van der Waals surface area contributed by atoms with Crippen molar-refractivity contribution in [2.24, 2.45) is 0 Å². The number of likely N-dealkylation sites (N-methyl/N-ethyl adjacent to an activating group) is 1. The highest BCUT2D eigenvalue weighted by atomic mass is 16.2. The number of hydrogen-bond acceptors (Lipinski definition) is 4. The molecule has 1 N–H and O–H groups in total. The van der Waals surface area contributed by atoms with Gasteiger partial charge >= 0.3 is 0 Å². The molecule has 2 aliphatic rings. The first-order valence-corrected chi connectivity index (χ1v) is 9.59. The minimum Gasteiger partial charge on any atom is -0.352 e. The predicted molar refractivity (Wildman–Crippen MR) is 95.8 cm³/mol. The van der Waals surface area contributed by atoms with Gasteiger partial charge in [0.05, 0.1) is 12.6 Å². The number of nitrogens with one attached hydrogen (secondary N) is 1. The molecule has 1 aliphatic carbocycles. The molecule has 6 heteroatoms. The molecule has 2 rings (SSSR count). The van der Waals surface area contributed by atoms with Crippen LogP contribution in [0.2, 0.25) is 0 Å². The molecule has 24 heavy (non-hydrogen) atoms. The molecule has 1 unspecified atom stereocenters. The van der Waals surface area contributed by atoms with Crippen molar-refractivity contribution in [2.45, 2.75) is 58.5 Å².